The van der Waals surface area contributed by atoms with E-state index >= 15 is 0 Å². The number of ether oxygens (including phenoxy) is 1. The smallest absolute Gasteiger partial charge is 0.232 e. The summed E-state index contributed by atoms with van der Waals surface area (Å²) in [5.74, 6) is -0.208. The van der Waals surface area contributed by atoms with E-state index in [-0.39, 0.29) is 29.0 Å². The van der Waals surface area contributed by atoms with Crippen LogP contribution in [0.2, 0.25) is 0 Å². The van der Waals surface area contributed by atoms with Gasteiger partial charge in [0, 0.05) is 28.5 Å². The molecule has 0 saturated carbocycles. The van der Waals surface area contributed by atoms with Crippen molar-refractivity contribution in [2.45, 2.75) is 19.1 Å². The SMILES string of the molecule is COc1ccc(C(C)=O)cc1C[S@@](=O)CC(=O)NCCc1ccc(F)cc1. The lowest BCUT2D eigenvalue weighted by atomic mass is 10.1. The average molecular weight is 391 g/mol. The third-order valence-electron chi connectivity index (χ3n) is 3.94. The zero-order chi connectivity index (χ0) is 19.8. The molecule has 1 atom stereocenters. The maximum atomic E-state index is 12.9. The van der Waals surface area contributed by atoms with Gasteiger partial charge in [0.05, 0.1) is 12.9 Å². The lowest BCUT2D eigenvalue weighted by Gasteiger charge is -2.10. The van der Waals surface area contributed by atoms with Gasteiger partial charge in [0.15, 0.2) is 5.78 Å². The molecule has 0 saturated heterocycles. The fourth-order valence-electron chi connectivity index (χ4n) is 2.53. The van der Waals surface area contributed by atoms with Crippen LogP contribution in [0, 0.1) is 5.82 Å². The Kier molecular flexibility index (Phi) is 7.67. The summed E-state index contributed by atoms with van der Waals surface area (Å²) >= 11 is 0. The van der Waals surface area contributed by atoms with Crippen molar-refractivity contribution >= 4 is 22.5 Å². The van der Waals surface area contributed by atoms with Crippen molar-refractivity contribution in [2.75, 3.05) is 19.4 Å². The fraction of sp³-hybridized carbons (Fsp3) is 0.300. The normalized spacial score (nSPS) is 11.7. The van der Waals surface area contributed by atoms with Crippen LogP contribution in [0.25, 0.3) is 0 Å². The predicted molar refractivity (Wildman–Crippen MR) is 103 cm³/mol. The number of hydrogen-bond donors (Lipinski definition) is 1. The minimum atomic E-state index is -1.44. The lowest BCUT2D eigenvalue weighted by molar-refractivity contribution is -0.118. The fourth-order valence-corrected chi connectivity index (χ4v) is 3.60. The largest absolute Gasteiger partial charge is 0.496 e. The Balaban J connectivity index is 1.85. The minimum absolute atomic E-state index is 0.0942. The molecule has 0 aliphatic carbocycles. The van der Waals surface area contributed by atoms with E-state index < -0.39 is 10.8 Å². The van der Waals surface area contributed by atoms with Gasteiger partial charge in [-0.05, 0) is 49.2 Å². The highest BCUT2D eigenvalue weighted by Crippen LogP contribution is 2.22. The maximum Gasteiger partial charge on any atom is 0.232 e. The van der Waals surface area contributed by atoms with Crippen molar-refractivity contribution in [1.82, 2.24) is 5.32 Å². The molecular formula is C20H22FNO4S. The number of carbonyl (C=O) groups excluding carboxylic acids is 2. The molecule has 0 aromatic heterocycles. The molecule has 2 aromatic carbocycles. The number of rotatable bonds is 9. The molecule has 0 bridgehead atoms. The van der Waals surface area contributed by atoms with Gasteiger partial charge in [-0.15, -0.1) is 0 Å². The summed E-state index contributed by atoms with van der Waals surface area (Å²) in [6.07, 6.45) is 0.563. The van der Waals surface area contributed by atoms with Gasteiger partial charge in [-0.2, -0.15) is 0 Å². The number of carbonyl (C=O) groups is 2. The summed E-state index contributed by atoms with van der Waals surface area (Å²) in [5.41, 5.74) is 2.04. The summed E-state index contributed by atoms with van der Waals surface area (Å²) in [4.78, 5) is 23.5. The van der Waals surface area contributed by atoms with Crippen LogP contribution in [0.3, 0.4) is 0 Å². The standard InChI is InChI=1S/C20H22FNO4S/c1-14(23)16-5-8-19(26-2)17(11-16)12-27(25)13-20(24)22-10-9-15-3-6-18(21)7-4-15/h3-8,11H,9-10,12-13H2,1-2H3,(H,22,24)/t27-/m1/s1. The Hall–Kier alpha value is -2.54. The molecule has 0 unspecified atom stereocenters. The molecule has 0 aliphatic rings. The monoisotopic (exact) mass is 391 g/mol. The molecule has 2 rings (SSSR count). The lowest BCUT2D eigenvalue weighted by Crippen LogP contribution is -2.30. The second-order valence-corrected chi connectivity index (χ2v) is 7.49. The zero-order valence-electron chi connectivity index (χ0n) is 15.3. The number of amides is 1. The van der Waals surface area contributed by atoms with Crippen molar-refractivity contribution in [3.05, 3.63) is 65.0 Å². The predicted octanol–water partition coefficient (Wildman–Crippen LogP) is 2.64. The first-order valence-corrected chi connectivity index (χ1v) is 9.92. The van der Waals surface area contributed by atoms with E-state index in [1.54, 1.807) is 30.3 Å². The first-order valence-electron chi connectivity index (χ1n) is 8.43. The highest BCUT2D eigenvalue weighted by molar-refractivity contribution is 7.84. The Morgan fingerprint density at radius 2 is 1.85 bits per heavy atom. The minimum Gasteiger partial charge on any atom is -0.496 e. The van der Waals surface area contributed by atoms with E-state index in [1.165, 1.54) is 26.2 Å². The molecule has 5 nitrogen and oxygen atoms in total. The highest BCUT2D eigenvalue weighted by Gasteiger charge is 2.13. The second kappa shape index (κ2) is 9.97. The van der Waals surface area contributed by atoms with Crippen LogP contribution in [-0.2, 0) is 27.8 Å². The molecule has 0 radical (unpaired) electrons. The van der Waals surface area contributed by atoms with Gasteiger partial charge in [0.2, 0.25) is 5.91 Å². The van der Waals surface area contributed by atoms with Crippen molar-refractivity contribution < 1.29 is 22.9 Å². The molecule has 1 amide bonds. The van der Waals surface area contributed by atoms with Crippen LogP contribution in [0.1, 0.15) is 28.4 Å². The van der Waals surface area contributed by atoms with Crippen LogP contribution in [0.5, 0.6) is 5.75 Å². The van der Waals surface area contributed by atoms with E-state index in [2.05, 4.69) is 5.32 Å². The first kappa shape index (κ1) is 20.8. The van der Waals surface area contributed by atoms with Crippen LogP contribution in [-0.4, -0.2) is 35.3 Å². The molecule has 0 fully saturated rings. The van der Waals surface area contributed by atoms with E-state index in [0.717, 1.165) is 5.56 Å². The zero-order valence-corrected chi connectivity index (χ0v) is 16.1. The number of methoxy groups -OCH3 is 1. The van der Waals surface area contributed by atoms with E-state index in [4.69, 9.17) is 4.74 Å². The highest BCUT2D eigenvalue weighted by atomic mass is 32.2. The first-order chi connectivity index (χ1) is 12.9. The molecule has 144 valence electrons. The third kappa shape index (κ3) is 6.60. The molecule has 27 heavy (non-hydrogen) atoms. The van der Waals surface area contributed by atoms with Gasteiger partial charge in [0.1, 0.15) is 17.3 Å². The molecule has 1 N–H and O–H groups in total. The van der Waals surface area contributed by atoms with Gasteiger partial charge in [-0.3, -0.25) is 13.8 Å². The number of nitrogens with one attached hydrogen (secondary N) is 1. The number of Topliss-reactive ketones (excluding diaryl/α,β-unsaturated/α-hetero) is 1. The molecule has 7 heteroatoms. The van der Waals surface area contributed by atoms with Crippen LogP contribution >= 0.6 is 0 Å². The maximum absolute atomic E-state index is 12.9. The Labute approximate surface area is 160 Å². The molecular weight excluding hydrogens is 369 g/mol. The average Bonchev–Trinajstić information content (AvgIpc) is 2.63. The quantitative estimate of drug-likeness (QED) is 0.667. The molecule has 2 aromatic rings. The summed E-state index contributed by atoms with van der Waals surface area (Å²) < 4.78 is 30.4. The van der Waals surface area contributed by atoms with Crippen LogP contribution < -0.4 is 10.1 Å². The van der Waals surface area contributed by atoms with Crippen molar-refractivity contribution in [2.24, 2.45) is 0 Å². The van der Waals surface area contributed by atoms with Crippen LogP contribution in [0.4, 0.5) is 4.39 Å². The second-order valence-electron chi connectivity index (χ2n) is 6.04. The summed E-state index contributed by atoms with van der Waals surface area (Å²) in [7, 11) is 0.0589. The molecule has 0 spiro atoms. The number of benzene rings is 2. The third-order valence-corrected chi connectivity index (χ3v) is 5.16. The van der Waals surface area contributed by atoms with Crippen molar-refractivity contribution in [3.63, 3.8) is 0 Å². The van der Waals surface area contributed by atoms with Gasteiger partial charge in [0.25, 0.3) is 0 Å². The van der Waals surface area contributed by atoms with Gasteiger partial charge >= 0.3 is 0 Å². The number of halogens is 1. The number of ketones is 1. The van der Waals surface area contributed by atoms with Crippen LogP contribution in [0.15, 0.2) is 42.5 Å². The topological polar surface area (TPSA) is 72.5 Å². The van der Waals surface area contributed by atoms with E-state index in [1.807, 2.05) is 0 Å². The summed E-state index contributed by atoms with van der Waals surface area (Å²) in [5, 5.41) is 2.71. The summed E-state index contributed by atoms with van der Waals surface area (Å²) in [6.45, 7) is 1.84. The van der Waals surface area contributed by atoms with Gasteiger partial charge < -0.3 is 10.1 Å². The van der Waals surface area contributed by atoms with E-state index in [0.29, 0.717) is 29.8 Å². The van der Waals surface area contributed by atoms with Gasteiger partial charge in [-0.25, -0.2) is 4.39 Å². The summed E-state index contributed by atoms with van der Waals surface area (Å²) in [6, 6.07) is 11.0. The van der Waals surface area contributed by atoms with E-state index in [9.17, 15) is 18.2 Å². The number of hydrogen-bond acceptors (Lipinski definition) is 4. The molecule has 0 heterocycles. The van der Waals surface area contributed by atoms with Gasteiger partial charge in [-0.1, -0.05) is 12.1 Å². The Bertz CT molecular complexity index is 836. The molecule has 0 aliphatic heterocycles. The van der Waals surface area contributed by atoms with Crippen molar-refractivity contribution in [3.8, 4) is 5.75 Å². The Morgan fingerprint density at radius 3 is 2.48 bits per heavy atom. The van der Waals surface area contributed by atoms with Crippen molar-refractivity contribution in [1.29, 1.82) is 0 Å². The Morgan fingerprint density at radius 1 is 1.15 bits per heavy atom.